The molecule has 0 bridgehead atoms. The Balaban J connectivity index is 1.42. The van der Waals surface area contributed by atoms with Crippen LogP contribution in [-0.4, -0.2) is 39.9 Å². The number of nitrogens with zero attached hydrogens (tertiary/aromatic N) is 3. The van der Waals surface area contributed by atoms with Gasteiger partial charge >= 0.3 is 12.4 Å². The van der Waals surface area contributed by atoms with Gasteiger partial charge in [-0.05, 0) is 53.1 Å². The second kappa shape index (κ2) is 11.3. The third kappa shape index (κ3) is 6.26. The SMILES string of the molecule is O=C(NCc1ccnc(F)c1)n1c2c(c3ccc(OC(F)(F)F)cc31)CN(C/C=C/c1ccc(F)c(Cl)c1)CC2. The zero-order valence-corrected chi connectivity index (χ0v) is 21.6. The fourth-order valence-electron chi connectivity index (χ4n) is 4.74. The van der Waals surface area contributed by atoms with Crippen molar-refractivity contribution in [3.05, 3.63) is 100.0 Å². The quantitative estimate of drug-likeness (QED) is 0.205. The molecule has 1 N–H and O–H groups in total. The molecule has 0 radical (unpaired) electrons. The van der Waals surface area contributed by atoms with Gasteiger partial charge in [-0.3, -0.25) is 9.47 Å². The van der Waals surface area contributed by atoms with E-state index in [4.69, 9.17) is 11.6 Å². The highest BCUT2D eigenvalue weighted by atomic mass is 35.5. The number of halogens is 6. The maximum Gasteiger partial charge on any atom is 0.573 e. The number of fused-ring (bicyclic) bond motifs is 3. The number of benzene rings is 2. The molecule has 1 aliphatic heterocycles. The van der Waals surface area contributed by atoms with Crippen molar-refractivity contribution in [3.63, 3.8) is 0 Å². The van der Waals surface area contributed by atoms with Crippen molar-refractivity contribution in [1.29, 1.82) is 0 Å². The van der Waals surface area contributed by atoms with Crippen LogP contribution in [0.3, 0.4) is 0 Å². The van der Waals surface area contributed by atoms with Crippen LogP contribution in [0.2, 0.25) is 5.02 Å². The van der Waals surface area contributed by atoms with Crippen LogP contribution in [0.4, 0.5) is 26.7 Å². The molecule has 5 rings (SSSR count). The Labute approximate surface area is 230 Å². The Morgan fingerprint density at radius 2 is 1.95 bits per heavy atom. The van der Waals surface area contributed by atoms with Crippen LogP contribution in [-0.2, 0) is 19.5 Å². The summed E-state index contributed by atoms with van der Waals surface area (Å²) in [5, 5.41) is 3.36. The third-order valence-electron chi connectivity index (χ3n) is 6.49. The van der Waals surface area contributed by atoms with Gasteiger partial charge in [0.1, 0.15) is 11.6 Å². The Bertz CT molecular complexity index is 1600. The van der Waals surface area contributed by atoms with Crippen molar-refractivity contribution in [2.75, 3.05) is 13.1 Å². The number of hydrogen-bond acceptors (Lipinski definition) is 4. The highest BCUT2D eigenvalue weighted by Gasteiger charge is 2.32. The lowest BCUT2D eigenvalue weighted by Gasteiger charge is -2.27. The minimum Gasteiger partial charge on any atom is -0.406 e. The predicted molar refractivity (Wildman–Crippen MR) is 140 cm³/mol. The lowest BCUT2D eigenvalue weighted by atomic mass is 10.0. The van der Waals surface area contributed by atoms with Gasteiger partial charge in [-0.2, -0.15) is 4.39 Å². The Hall–Kier alpha value is -3.96. The van der Waals surface area contributed by atoms with E-state index in [1.165, 1.54) is 47.2 Å². The molecule has 0 saturated carbocycles. The van der Waals surface area contributed by atoms with Gasteiger partial charge < -0.3 is 10.1 Å². The number of carbonyl (C=O) groups is 1. The average molecular weight is 577 g/mol. The number of aromatic nitrogens is 2. The van der Waals surface area contributed by atoms with Gasteiger partial charge in [-0.1, -0.05) is 29.8 Å². The van der Waals surface area contributed by atoms with Gasteiger partial charge in [0.05, 0.1) is 10.5 Å². The maximum absolute atomic E-state index is 13.5. The number of hydrogen-bond donors (Lipinski definition) is 1. The van der Waals surface area contributed by atoms with Crippen molar-refractivity contribution in [3.8, 4) is 5.75 Å². The minimum atomic E-state index is -4.89. The van der Waals surface area contributed by atoms with E-state index in [0.29, 0.717) is 42.7 Å². The number of carbonyl (C=O) groups excluding carboxylic acids is 1. The standard InChI is InChI=1S/C28H22ClF5N4O2/c29-22-12-17(3-6-23(22)30)2-1-10-37-11-8-24-21(16-37)20-5-4-19(40-28(32,33)34)14-25(20)38(24)27(39)36-15-18-7-9-35-26(31)13-18/h1-7,9,12-14H,8,10-11,15-16H2,(H,36,39)/b2-1+. The Kier molecular flexibility index (Phi) is 7.77. The van der Waals surface area contributed by atoms with Gasteiger partial charge in [0.25, 0.3) is 0 Å². The smallest absolute Gasteiger partial charge is 0.406 e. The van der Waals surface area contributed by atoms with Gasteiger partial charge in [-0.25, -0.2) is 14.2 Å². The summed E-state index contributed by atoms with van der Waals surface area (Å²) in [6.07, 6.45) is 0.561. The summed E-state index contributed by atoms with van der Waals surface area (Å²) in [6, 6.07) is 10.5. The van der Waals surface area contributed by atoms with Gasteiger partial charge in [0.2, 0.25) is 5.95 Å². The first-order chi connectivity index (χ1) is 19.1. The van der Waals surface area contributed by atoms with Crippen molar-refractivity contribution in [2.24, 2.45) is 0 Å². The van der Waals surface area contributed by atoms with Crippen molar-refractivity contribution in [2.45, 2.75) is 25.9 Å². The second-order valence-electron chi connectivity index (χ2n) is 9.19. The fraction of sp³-hybridized carbons (Fsp3) is 0.214. The van der Waals surface area contributed by atoms with Crippen LogP contribution in [0.15, 0.2) is 60.8 Å². The zero-order valence-electron chi connectivity index (χ0n) is 20.8. The second-order valence-corrected chi connectivity index (χ2v) is 9.60. The first kappa shape index (κ1) is 27.6. The maximum atomic E-state index is 13.5. The van der Waals surface area contributed by atoms with Crippen molar-refractivity contribution < 1.29 is 31.5 Å². The van der Waals surface area contributed by atoms with Crippen molar-refractivity contribution >= 4 is 34.6 Å². The van der Waals surface area contributed by atoms with E-state index in [9.17, 15) is 26.7 Å². The number of nitrogens with one attached hydrogen (secondary N) is 1. The molecule has 208 valence electrons. The summed E-state index contributed by atoms with van der Waals surface area (Å²) in [7, 11) is 0. The molecule has 3 heterocycles. The van der Waals surface area contributed by atoms with Crippen LogP contribution in [0.5, 0.6) is 5.75 Å². The fourth-order valence-corrected chi connectivity index (χ4v) is 4.93. The van der Waals surface area contributed by atoms with E-state index in [1.807, 2.05) is 12.2 Å². The number of amides is 1. The molecule has 4 aromatic rings. The highest BCUT2D eigenvalue weighted by Crippen LogP contribution is 2.34. The molecule has 0 fully saturated rings. The Morgan fingerprint density at radius 3 is 2.70 bits per heavy atom. The number of rotatable bonds is 6. The Morgan fingerprint density at radius 1 is 1.12 bits per heavy atom. The van der Waals surface area contributed by atoms with E-state index >= 15 is 0 Å². The van der Waals surface area contributed by atoms with E-state index < -0.39 is 29.9 Å². The molecule has 1 amide bonds. The van der Waals surface area contributed by atoms with E-state index in [2.05, 4.69) is 19.9 Å². The monoisotopic (exact) mass is 576 g/mol. The summed E-state index contributed by atoms with van der Waals surface area (Å²) >= 11 is 5.85. The molecule has 1 aliphatic rings. The molecule has 40 heavy (non-hydrogen) atoms. The highest BCUT2D eigenvalue weighted by molar-refractivity contribution is 6.30. The van der Waals surface area contributed by atoms with E-state index in [-0.39, 0.29) is 17.1 Å². The molecular weight excluding hydrogens is 555 g/mol. The largest absolute Gasteiger partial charge is 0.573 e. The number of pyridine rings is 1. The lowest BCUT2D eigenvalue weighted by Crippen LogP contribution is -2.34. The third-order valence-corrected chi connectivity index (χ3v) is 6.78. The zero-order chi connectivity index (χ0) is 28.4. The molecule has 6 nitrogen and oxygen atoms in total. The average Bonchev–Trinajstić information content (AvgIpc) is 3.21. The van der Waals surface area contributed by atoms with E-state index in [0.717, 1.165) is 11.1 Å². The van der Waals surface area contributed by atoms with Crippen LogP contribution in [0, 0.1) is 11.8 Å². The molecule has 2 aromatic heterocycles. The normalized spacial score (nSPS) is 14.1. The molecule has 2 aromatic carbocycles. The van der Waals surface area contributed by atoms with Gasteiger partial charge in [0.15, 0.2) is 0 Å². The summed E-state index contributed by atoms with van der Waals surface area (Å²) in [5.74, 6) is -1.64. The van der Waals surface area contributed by atoms with E-state index in [1.54, 1.807) is 12.1 Å². The van der Waals surface area contributed by atoms with Crippen LogP contribution in [0.25, 0.3) is 17.0 Å². The summed E-state index contributed by atoms with van der Waals surface area (Å²) in [6.45, 7) is 1.55. The van der Waals surface area contributed by atoms with Crippen LogP contribution >= 0.6 is 11.6 Å². The number of ether oxygens (including phenoxy) is 1. The predicted octanol–water partition coefficient (Wildman–Crippen LogP) is 6.70. The summed E-state index contributed by atoms with van der Waals surface area (Å²) in [5.41, 5.74) is 2.96. The van der Waals surface area contributed by atoms with Crippen LogP contribution < -0.4 is 10.1 Å². The minimum absolute atomic E-state index is 0.00418. The van der Waals surface area contributed by atoms with Crippen molar-refractivity contribution in [1.82, 2.24) is 19.8 Å². The molecule has 0 aliphatic carbocycles. The molecule has 0 atom stereocenters. The van der Waals surface area contributed by atoms with Crippen LogP contribution in [0.1, 0.15) is 22.4 Å². The molecular formula is C28H22ClF5N4O2. The molecule has 12 heteroatoms. The first-order valence-electron chi connectivity index (χ1n) is 12.2. The summed E-state index contributed by atoms with van der Waals surface area (Å²) < 4.78 is 71.1. The molecule has 0 saturated heterocycles. The number of alkyl halides is 3. The lowest BCUT2D eigenvalue weighted by molar-refractivity contribution is -0.274. The summed E-state index contributed by atoms with van der Waals surface area (Å²) in [4.78, 5) is 18.9. The molecule has 0 unspecified atom stereocenters. The molecule has 0 spiro atoms. The topological polar surface area (TPSA) is 59.4 Å². The first-order valence-corrected chi connectivity index (χ1v) is 12.6. The van der Waals surface area contributed by atoms with Gasteiger partial charge in [0, 0.05) is 55.9 Å². The van der Waals surface area contributed by atoms with Gasteiger partial charge in [-0.15, -0.1) is 13.2 Å².